The van der Waals surface area contributed by atoms with Crippen LogP contribution in [0.4, 0.5) is 0 Å². The quantitative estimate of drug-likeness (QED) is 0.541. The highest BCUT2D eigenvalue weighted by Crippen LogP contribution is 2.40. The molecule has 1 aliphatic rings. The Morgan fingerprint density at radius 2 is 1.96 bits per heavy atom. The average Bonchev–Trinajstić information content (AvgIpc) is 2.92. The van der Waals surface area contributed by atoms with Crippen molar-refractivity contribution in [2.45, 2.75) is 46.1 Å². The third kappa shape index (κ3) is 2.86. The van der Waals surface area contributed by atoms with E-state index in [1.807, 2.05) is 0 Å². The molecule has 0 unspecified atom stereocenters. The van der Waals surface area contributed by atoms with Crippen molar-refractivity contribution in [2.75, 3.05) is 0 Å². The van der Waals surface area contributed by atoms with Gasteiger partial charge in [-0.15, -0.1) is 0 Å². The summed E-state index contributed by atoms with van der Waals surface area (Å²) in [5.74, 6) is 0.983. The van der Waals surface area contributed by atoms with Gasteiger partial charge in [-0.1, -0.05) is 29.4 Å². The van der Waals surface area contributed by atoms with Crippen LogP contribution >= 0.6 is 0 Å². The molecule has 0 fully saturated rings. The maximum Gasteiger partial charge on any atom is 0.128 e. The van der Waals surface area contributed by atoms with Gasteiger partial charge in [0.2, 0.25) is 0 Å². The van der Waals surface area contributed by atoms with Crippen molar-refractivity contribution in [3.63, 3.8) is 0 Å². The zero-order chi connectivity index (χ0) is 17.6. The Labute approximate surface area is 149 Å². The topological polar surface area (TPSA) is 25.0 Å². The van der Waals surface area contributed by atoms with E-state index in [9.17, 15) is 0 Å². The standard InChI is InChI=1S/C23H25NO/c1-15(2)6-5-12-23(4)13-11-17-21(25-23)10-9-20-22(17)18-14-16(3)7-8-19(18)24-20/h6-11,13-14,24H,5,12H2,1-4H3/t23-/m0/s1. The van der Waals surface area contributed by atoms with Crippen LogP contribution in [0.15, 0.2) is 48.1 Å². The Kier molecular flexibility index (Phi) is 3.72. The normalized spacial score (nSPS) is 19.0. The van der Waals surface area contributed by atoms with Crippen molar-refractivity contribution in [1.29, 1.82) is 0 Å². The minimum Gasteiger partial charge on any atom is -0.483 e. The predicted molar refractivity (Wildman–Crippen MR) is 107 cm³/mol. The Bertz CT molecular complexity index is 1020. The lowest BCUT2D eigenvalue weighted by Crippen LogP contribution is -2.31. The molecule has 0 amide bonds. The lowest BCUT2D eigenvalue weighted by Gasteiger charge is -2.31. The van der Waals surface area contributed by atoms with Gasteiger partial charge < -0.3 is 9.72 Å². The van der Waals surface area contributed by atoms with E-state index in [1.165, 1.54) is 38.5 Å². The van der Waals surface area contributed by atoms with E-state index in [0.29, 0.717) is 0 Å². The van der Waals surface area contributed by atoms with Crippen molar-refractivity contribution in [3.05, 3.63) is 59.2 Å². The third-order valence-electron chi connectivity index (χ3n) is 5.06. The fourth-order valence-electron chi connectivity index (χ4n) is 3.69. The zero-order valence-corrected chi connectivity index (χ0v) is 15.4. The van der Waals surface area contributed by atoms with Crippen LogP contribution in [-0.4, -0.2) is 10.6 Å². The molecule has 25 heavy (non-hydrogen) atoms. The number of ether oxygens (including phenoxy) is 1. The van der Waals surface area contributed by atoms with Gasteiger partial charge in [0.1, 0.15) is 11.4 Å². The summed E-state index contributed by atoms with van der Waals surface area (Å²) in [6.07, 6.45) is 8.78. The first-order valence-corrected chi connectivity index (χ1v) is 9.02. The Balaban J connectivity index is 1.78. The second-order valence-corrected chi connectivity index (χ2v) is 7.64. The van der Waals surface area contributed by atoms with Crippen LogP contribution in [-0.2, 0) is 0 Å². The van der Waals surface area contributed by atoms with E-state index in [1.54, 1.807) is 0 Å². The summed E-state index contributed by atoms with van der Waals surface area (Å²) < 4.78 is 6.43. The van der Waals surface area contributed by atoms with Gasteiger partial charge in [-0.2, -0.15) is 0 Å². The molecule has 0 bridgehead atoms. The molecule has 1 N–H and O–H groups in total. The number of fused-ring (bicyclic) bond motifs is 5. The molecule has 1 aromatic heterocycles. The van der Waals surface area contributed by atoms with E-state index in [0.717, 1.165) is 18.6 Å². The monoisotopic (exact) mass is 331 g/mol. The molecular weight excluding hydrogens is 306 g/mol. The molecule has 2 aromatic carbocycles. The summed E-state index contributed by atoms with van der Waals surface area (Å²) in [4.78, 5) is 3.53. The van der Waals surface area contributed by atoms with Gasteiger partial charge in [0.25, 0.3) is 0 Å². The number of allylic oxidation sites excluding steroid dienone is 2. The van der Waals surface area contributed by atoms with Gasteiger partial charge in [-0.3, -0.25) is 0 Å². The van der Waals surface area contributed by atoms with Crippen molar-refractivity contribution < 1.29 is 4.74 Å². The first-order valence-electron chi connectivity index (χ1n) is 9.02. The van der Waals surface area contributed by atoms with Gasteiger partial charge in [0.05, 0.1) is 0 Å². The number of hydrogen-bond acceptors (Lipinski definition) is 1. The molecule has 0 saturated heterocycles. The maximum atomic E-state index is 6.43. The molecule has 128 valence electrons. The lowest BCUT2D eigenvalue weighted by atomic mass is 9.93. The van der Waals surface area contributed by atoms with Gasteiger partial charge in [-0.05, 0) is 70.9 Å². The van der Waals surface area contributed by atoms with Crippen LogP contribution in [0.3, 0.4) is 0 Å². The van der Waals surface area contributed by atoms with Gasteiger partial charge in [-0.25, -0.2) is 0 Å². The molecule has 2 heteroatoms. The fourth-order valence-corrected chi connectivity index (χ4v) is 3.69. The Morgan fingerprint density at radius 3 is 2.76 bits per heavy atom. The second-order valence-electron chi connectivity index (χ2n) is 7.64. The second kappa shape index (κ2) is 5.80. The highest BCUT2D eigenvalue weighted by molar-refractivity contribution is 6.12. The fraction of sp³-hybridized carbons (Fsp3) is 0.304. The SMILES string of the molecule is CC(C)=CCC[C@@]1(C)C=Cc2c(ccc3[nH]c4ccc(C)cc4c23)O1. The van der Waals surface area contributed by atoms with E-state index >= 15 is 0 Å². The number of hydrogen-bond donors (Lipinski definition) is 1. The zero-order valence-electron chi connectivity index (χ0n) is 15.4. The van der Waals surface area contributed by atoms with Gasteiger partial charge in [0, 0.05) is 27.4 Å². The Hall–Kier alpha value is -2.48. The minimum absolute atomic E-state index is 0.241. The predicted octanol–water partition coefficient (Wildman–Crippen LogP) is 6.54. The first-order chi connectivity index (χ1) is 12.0. The number of nitrogens with one attached hydrogen (secondary N) is 1. The summed E-state index contributed by atoms with van der Waals surface area (Å²) in [5, 5.41) is 2.53. The number of H-pyrrole nitrogens is 1. The van der Waals surface area contributed by atoms with Crippen LogP contribution in [0.25, 0.3) is 27.9 Å². The molecule has 1 aliphatic heterocycles. The molecule has 0 spiro atoms. The van der Waals surface area contributed by atoms with Gasteiger partial charge >= 0.3 is 0 Å². The largest absolute Gasteiger partial charge is 0.483 e. The summed E-state index contributed by atoms with van der Waals surface area (Å²) in [6.45, 7) is 8.60. The smallest absolute Gasteiger partial charge is 0.128 e. The van der Waals surface area contributed by atoms with Crippen molar-refractivity contribution >= 4 is 27.9 Å². The van der Waals surface area contributed by atoms with E-state index < -0.39 is 0 Å². The van der Waals surface area contributed by atoms with Crippen molar-refractivity contribution in [2.24, 2.45) is 0 Å². The van der Waals surface area contributed by atoms with E-state index in [-0.39, 0.29) is 5.60 Å². The molecule has 0 radical (unpaired) electrons. The summed E-state index contributed by atoms with van der Waals surface area (Å²) in [6, 6.07) is 10.8. The minimum atomic E-state index is -0.241. The molecule has 4 rings (SSSR count). The van der Waals surface area contributed by atoms with Crippen LogP contribution in [0.1, 0.15) is 44.7 Å². The van der Waals surface area contributed by atoms with Crippen LogP contribution in [0.5, 0.6) is 5.75 Å². The Morgan fingerprint density at radius 1 is 1.16 bits per heavy atom. The highest BCUT2D eigenvalue weighted by Gasteiger charge is 2.28. The van der Waals surface area contributed by atoms with Gasteiger partial charge in [0.15, 0.2) is 0 Å². The van der Waals surface area contributed by atoms with Crippen LogP contribution in [0.2, 0.25) is 0 Å². The lowest BCUT2D eigenvalue weighted by molar-refractivity contribution is 0.129. The number of aromatic amines is 1. The molecular formula is C23H25NO. The van der Waals surface area contributed by atoms with Crippen LogP contribution in [0, 0.1) is 6.92 Å². The number of rotatable bonds is 3. The van der Waals surface area contributed by atoms with Crippen molar-refractivity contribution in [1.82, 2.24) is 4.98 Å². The maximum absolute atomic E-state index is 6.43. The molecule has 2 nitrogen and oxygen atoms in total. The number of aromatic nitrogens is 1. The summed E-state index contributed by atoms with van der Waals surface area (Å²) in [7, 11) is 0. The number of aryl methyl sites for hydroxylation is 1. The average molecular weight is 331 g/mol. The number of benzene rings is 2. The molecule has 3 aromatic rings. The van der Waals surface area contributed by atoms with E-state index in [2.05, 4.69) is 81.2 Å². The molecule has 0 aliphatic carbocycles. The first kappa shape index (κ1) is 16.0. The third-order valence-corrected chi connectivity index (χ3v) is 5.06. The molecule has 0 saturated carbocycles. The van der Waals surface area contributed by atoms with Crippen molar-refractivity contribution in [3.8, 4) is 5.75 Å². The van der Waals surface area contributed by atoms with Crippen LogP contribution < -0.4 is 4.74 Å². The highest BCUT2D eigenvalue weighted by atomic mass is 16.5. The van der Waals surface area contributed by atoms with E-state index in [4.69, 9.17) is 4.74 Å². The summed E-state index contributed by atoms with van der Waals surface area (Å²) >= 11 is 0. The molecule has 2 heterocycles. The molecule has 1 atom stereocenters. The summed E-state index contributed by atoms with van der Waals surface area (Å²) in [5.41, 5.74) is 5.93.